The number of nitrogens with zero attached hydrogens (tertiary/aromatic N) is 1. The summed E-state index contributed by atoms with van der Waals surface area (Å²) in [6, 6.07) is 8.08. The molecule has 0 aliphatic carbocycles. The van der Waals surface area contributed by atoms with Crippen molar-refractivity contribution >= 4 is 11.6 Å². The molecule has 0 aromatic heterocycles. The van der Waals surface area contributed by atoms with Gasteiger partial charge in [0.25, 0.3) is 0 Å². The van der Waals surface area contributed by atoms with Crippen molar-refractivity contribution in [2.75, 3.05) is 19.6 Å². The van der Waals surface area contributed by atoms with Crippen LogP contribution < -0.4 is 5.73 Å². The van der Waals surface area contributed by atoms with Crippen LogP contribution in [-0.4, -0.2) is 35.7 Å². The van der Waals surface area contributed by atoms with Gasteiger partial charge in [-0.05, 0) is 30.5 Å². The molecular formula is C13H19ClN2O. The summed E-state index contributed by atoms with van der Waals surface area (Å²) in [5.41, 5.74) is 7.04. The minimum absolute atomic E-state index is 0.149. The van der Waals surface area contributed by atoms with Crippen molar-refractivity contribution in [1.29, 1.82) is 0 Å². The Hall–Kier alpha value is -0.610. The molecule has 1 fully saturated rings. The molecule has 0 spiro atoms. The van der Waals surface area contributed by atoms with Crippen LogP contribution in [-0.2, 0) is 0 Å². The van der Waals surface area contributed by atoms with Crippen LogP contribution in [0.3, 0.4) is 0 Å². The third kappa shape index (κ3) is 3.19. The lowest BCUT2D eigenvalue weighted by atomic mass is 10.0. The predicted molar refractivity (Wildman–Crippen MR) is 70.1 cm³/mol. The van der Waals surface area contributed by atoms with Gasteiger partial charge in [-0.15, -0.1) is 0 Å². The van der Waals surface area contributed by atoms with E-state index < -0.39 is 0 Å². The number of halogens is 1. The molecule has 0 saturated carbocycles. The number of benzene rings is 1. The first kappa shape index (κ1) is 12.8. The Labute approximate surface area is 107 Å². The lowest BCUT2D eigenvalue weighted by Crippen LogP contribution is -2.41. The maximum absolute atomic E-state index is 9.52. The summed E-state index contributed by atoms with van der Waals surface area (Å²) in [6.45, 7) is 2.38. The van der Waals surface area contributed by atoms with Crippen LogP contribution in [0.4, 0.5) is 0 Å². The van der Waals surface area contributed by atoms with Crippen LogP contribution in [0.1, 0.15) is 24.4 Å². The molecule has 1 atom stereocenters. The summed E-state index contributed by atoms with van der Waals surface area (Å²) in [6.07, 6.45) is 1.51. The van der Waals surface area contributed by atoms with Gasteiger partial charge >= 0.3 is 0 Å². The summed E-state index contributed by atoms with van der Waals surface area (Å²) in [4.78, 5) is 2.33. The van der Waals surface area contributed by atoms with E-state index in [-0.39, 0.29) is 12.1 Å². The van der Waals surface area contributed by atoms with Crippen molar-refractivity contribution in [2.24, 2.45) is 5.73 Å². The molecular weight excluding hydrogens is 236 g/mol. The van der Waals surface area contributed by atoms with Gasteiger partial charge in [-0.25, -0.2) is 0 Å². The van der Waals surface area contributed by atoms with Crippen LogP contribution in [0.25, 0.3) is 0 Å². The number of likely N-dealkylation sites (tertiary alicyclic amines) is 1. The van der Waals surface area contributed by atoms with E-state index in [9.17, 15) is 5.11 Å². The van der Waals surface area contributed by atoms with Crippen molar-refractivity contribution < 1.29 is 5.11 Å². The lowest BCUT2D eigenvalue weighted by molar-refractivity contribution is 0.0622. The van der Waals surface area contributed by atoms with E-state index in [2.05, 4.69) is 11.0 Å². The molecule has 1 unspecified atom stereocenters. The molecule has 4 heteroatoms. The molecule has 1 aromatic carbocycles. The number of hydrogen-bond acceptors (Lipinski definition) is 3. The second-order valence-corrected chi connectivity index (χ2v) is 5.01. The topological polar surface area (TPSA) is 49.5 Å². The predicted octanol–water partition coefficient (Wildman–Crippen LogP) is 1.80. The van der Waals surface area contributed by atoms with Crippen LogP contribution in [0.15, 0.2) is 24.3 Å². The van der Waals surface area contributed by atoms with Gasteiger partial charge in [-0.2, -0.15) is 0 Å². The zero-order chi connectivity index (χ0) is 12.3. The average Bonchev–Trinajstić information content (AvgIpc) is 2.33. The maximum atomic E-state index is 9.52. The second-order valence-electron chi connectivity index (χ2n) is 4.57. The normalized spacial score (nSPS) is 20.4. The van der Waals surface area contributed by atoms with Crippen molar-refractivity contribution in [3.05, 3.63) is 34.9 Å². The van der Waals surface area contributed by atoms with Crippen molar-refractivity contribution in [3.8, 4) is 0 Å². The van der Waals surface area contributed by atoms with Gasteiger partial charge in [0.2, 0.25) is 0 Å². The third-order valence-electron chi connectivity index (χ3n) is 3.40. The van der Waals surface area contributed by atoms with Gasteiger partial charge in [0, 0.05) is 30.7 Å². The number of nitrogens with two attached hydrogens (primary N) is 1. The highest BCUT2D eigenvalue weighted by molar-refractivity contribution is 6.30. The monoisotopic (exact) mass is 254 g/mol. The minimum Gasteiger partial charge on any atom is -0.393 e. The summed E-state index contributed by atoms with van der Waals surface area (Å²) in [5, 5.41) is 10.3. The number of hydrogen-bond donors (Lipinski definition) is 2. The van der Waals surface area contributed by atoms with Crippen LogP contribution in [0.5, 0.6) is 0 Å². The highest BCUT2D eigenvalue weighted by Gasteiger charge is 2.24. The van der Waals surface area contributed by atoms with Gasteiger partial charge < -0.3 is 10.8 Å². The maximum Gasteiger partial charge on any atom is 0.0564 e. The number of aliphatic hydroxyl groups excluding tert-OH is 1. The number of aliphatic hydroxyl groups is 1. The largest absolute Gasteiger partial charge is 0.393 e. The highest BCUT2D eigenvalue weighted by atomic mass is 35.5. The zero-order valence-corrected chi connectivity index (χ0v) is 10.6. The Bertz CT molecular complexity index is 364. The van der Waals surface area contributed by atoms with Gasteiger partial charge in [0.05, 0.1) is 6.10 Å². The fourth-order valence-corrected chi connectivity index (χ4v) is 2.61. The average molecular weight is 255 g/mol. The van der Waals surface area contributed by atoms with Gasteiger partial charge in [0.15, 0.2) is 0 Å². The molecule has 0 bridgehead atoms. The summed E-state index contributed by atoms with van der Waals surface area (Å²) in [5.74, 6) is 0. The number of rotatable bonds is 3. The quantitative estimate of drug-likeness (QED) is 0.865. The van der Waals surface area contributed by atoms with Crippen molar-refractivity contribution in [3.63, 3.8) is 0 Å². The molecule has 3 nitrogen and oxygen atoms in total. The summed E-state index contributed by atoms with van der Waals surface area (Å²) < 4.78 is 0. The smallest absolute Gasteiger partial charge is 0.0564 e. The summed E-state index contributed by atoms with van der Waals surface area (Å²) >= 11 is 6.01. The highest BCUT2D eigenvalue weighted by Crippen LogP contribution is 2.25. The molecule has 1 heterocycles. The lowest BCUT2D eigenvalue weighted by Gasteiger charge is -2.36. The molecule has 0 radical (unpaired) electrons. The van der Waals surface area contributed by atoms with Crippen molar-refractivity contribution in [1.82, 2.24) is 4.90 Å². The van der Waals surface area contributed by atoms with E-state index in [0.29, 0.717) is 6.54 Å². The molecule has 94 valence electrons. The molecule has 1 aromatic rings. The first-order valence-electron chi connectivity index (χ1n) is 6.08. The van der Waals surface area contributed by atoms with Crippen LogP contribution in [0.2, 0.25) is 5.02 Å². The molecule has 3 N–H and O–H groups in total. The van der Waals surface area contributed by atoms with E-state index in [1.807, 2.05) is 18.2 Å². The minimum atomic E-state index is -0.149. The number of piperidine rings is 1. The fraction of sp³-hybridized carbons (Fsp3) is 0.538. The molecule has 1 aliphatic heterocycles. The zero-order valence-electron chi connectivity index (χ0n) is 9.85. The van der Waals surface area contributed by atoms with Gasteiger partial charge in [0.1, 0.15) is 0 Å². The second kappa shape index (κ2) is 5.83. The van der Waals surface area contributed by atoms with Gasteiger partial charge in [-0.3, -0.25) is 4.90 Å². The first-order valence-corrected chi connectivity index (χ1v) is 6.46. The molecule has 2 rings (SSSR count). The van der Waals surface area contributed by atoms with E-state index in [4.69, 9.17) is 17.3 Å². The molecule has 1 saturated heterocycles. The third-order valence-corrected chi connectivity index (χ3v) is 3.63. The Morgan fingerprint density at radius 3 is 2.71 bits per heavy atom. The standard InChI is InChI=1S/C13H19ClN2O/c14-11-3-1-2-10(8-11)13(9-15)16-6-4-12(17)5-7-16/h1-3,8,12-13,17H,4-7,9,15H2. The SMILES string of the molecule is NCC(c1cccc(Cl)c1)N1CCC(O)CC1. The molecule has 1 aliphatic rings. The Morgan fingerprint density at radius 1 is 1.41 bits per heavy atom. The molecule has 17 heavy (non-hydrogen) atoms. The molecule has 0 amide bonds. The summed E-state index contributed by atoms with van der Waals surface area (Å²) in [7, 11) is 0. The van der Waals surface area contributed by atoms with Gasteiger partial charge in [-0.1, -0.05) is 23.7 Å². The van der Waals surface area contributed by atoms with E-state index in [1.54, 1.807) is 0 Å². The Kier molecular flexibility index (Phi) is 4.40. The van der Waals surface area contributed by atoms with E-state index in [1.165, 1.54) is 0 Å². The van der Waals surface area contributed by atoms with E-state index >= 15 is 0 Å². The van der Waals surface area contributed by atoms with Crippen LogP contribution >= 0.6 is 11.6 Å². The Morgan fingerprint density at radius 2 is 2.12 bits per heavy atom. The fourth-order valence-electron chi connectivity index (χ4n) is 2.41. The van der Waals surface area contributed by atoms with Crippen molar-refractivity contribution in [2.45, 2.75) is 25.0 Å². The van der Waals surface area contributed by atoms with Crippen LogP contribution in [0, 0.1) is 0 Å². The first-order chi connectivity index (χ1) is 8.20. The Balaban J connectivity index is 2.10. The van der Waals surface area contributed by atoms with E-state index in [0.717, 1.165) is 36.5 Å².